The summed E-state index contributed by atoms with van der Waals surface area (Å²) in [5, 5.41) is 3.08. The van der Waals surface area contributed by atoms with E-state index in [1.165, 1.54) is 25.3 Å². The average molecular weight is 394 g/mol. The summed E-state index contributed by atoms with van der Waals surface area (Å²) in [6.45, 7) is 2.83. The lowest BCUT2D eigenvalue weighted by atomic mass is 10.2. The second-order valence-corrected chi connectivity index (χ2v) is 5.80. The third-order valence-corrected chi connectivity index (χ3v) is 3.71. The topological polar surface area (TPSA) is 56.8 Å². The second-order valence-electron chi connectivity index (χ2n) is 5.40. The van der Waals surface area contributed by atoms with Gasteiger partial charge >= 0.3 is 0 Å². The lowest BCUT2D eigenvalue weighted by molar-refractivity contribution is -0.116. The van der Waals surface area contributed by atoms with Gasteiger partial charge in [-0.3, -0.25) is 4.79 Å². The molecule has 0 heterocycles. The highest BCUT2D eigenvalue weighted by Gasteiger charge is 2.10. The largest absolute Gasteiger partial charge is 0.492 e. The summed E-state index contributed by atoms with van der Waals surface area (Å²) in [5.41, 5.74) is 0.704. The van der Waals surface area contributed by atoms with E-state index < -0.39 is 0 Å². The third kappa shape index (κ3) is 6.49. The molecule has 0 bridgehead atoms. The molecule has 0 saturated heterocycles. The van der Waals surface area contributed by atoms with Crippen LogP contribution in [0.4, 0.5) is 4.39 Å². The Hall–Kier alpha value is -2.73. The molecule has 7 heteroatoms. The molecule has 0 aliphatic rings. The standard InChI is InChI=1S/C20H21ClFNO4/c1-3-26-18-12-14(11-17(21)20(18)25-2)7-8-19(24)23-9-10-27-16-6-4-5-15(22)13-16/h4-8,11-13H,3,9-10H2,1-2H3,(H,23,24)/b8-7+. The predicted molar refractivity (Wildman–Crippen MR) is 103 cm³/mol. The first kappa shape index (κ1) is 20.6. The Morgan fingerprint density at radius 3 is 2.78 bits per heavy atom. The first-order valence-corrected chi connectivity index (χ1v) is 8.76. The summed E-state index contributed by atoms with van der Waals surface area (Å²) in [4.78, 5) is 11.9. The van der Waals surface area contributed by atoms with E-state index in [1.54, 1.807) is 30.3 Å². The molecule has 144 valence electrons. The van der Waals surface area contributed by atoms with E-state index in [0.717, 1.165) is 0 Å². The van der Waals surface area contributed by atoms with Gasteiger partial charge in [0, 0.05) is 12.1 Å². The number of methoxy groups -OCH3 is 1. The van der Waals surface area contributed by atoms with Gasteiger partial charge in [-0.2, -0.15) is 0 Å². The molecule has 27 heavy (non-hydrogen) atoms. The van der Waals surface area contributed by atoms with Crippen LogP contribution in [0.25, 0.3) is 6.08 Å². The fourth-order valence-electron chi connectivity index (χ4n) is 2.28. The number of rotatable bonds is 9. The van der Waals surface area contributed by atoms with Gasteiger partial charge in [-0.15, -0.1) is 0 Å². The quantitative estimate of drug-likeness (QED) is 0.515. The normalized spacial score (nSPS) is 10.7. The van der Waals surface area contributed by atoms with Crippen LogP contribution in [0.5, 0.6) is 17.2 Å². The monoisotopic (exact) mass is 393 g/mol. The molecule has 1 N–H and O–H groups in total. The minimum Gasteiger partial charge on any atom is -0.492 e. The Balaban J connectivity index is 1.87. The number of carbonyl (C=O) groups excluding carboxylic acids is 1. The maximum atomic E-state index is 13.0. The number of ether oxygens (including phenoxy) is 3. The molecule has 0 saturated carbocycles. The van der Waals surface area contributed by atoms with Crippen molar-refractivity contribution in [2.75, 3.05) is 26.9 Å². The smallest absolute Gasteiger partial charge is 0.244 e. The Bertz CT molecular complexity index is 811. The maximum Gasteiger partial charge on any atom is 0.244 e. The van der Waals surface area contributed by atoms with Crippen LogP contribution in [0, 0.1) is 5.82 Å². The summed E-state index contributed by atoms with van der Waals surface area (Å²) in [7, 11) is 1.51. The molecule has 0 unspecified atom stereocenters. The van der Waals surface area contributed by atoms with Gasteiger partial charge in [0.25, 0.3) is 0 Å². The van der Waals surface area contributed by atoms with Gasteiger partial charge in [-0.25, -0.2) is 4.39 Å². The lowest BCUT2D eigenvalue weighted by Crippen LogP contribution is -2.26. The fraction of sp³-hybridized carbons (Fsp3) is 0.250. The molecule has 0 radical (unpaired) electrons. The Kier molecular flexibility index (Phi) is 7.95. The molecular formula is C20H21ClFNO4. The van der Waals surface area contributed by atoms with E-state index in [-0.39, 0.29) is 24.9 Å². The molecule has 2 rings (SSSR count). The van der Waals surface area contributed by atoms with Crippen molar-refractivity contribution < 1.29 is 23.4 Å². The highest BCUT2D eigenvalue weighted by molar-refractivity contribution is 6.32. The van der Waals surface area contributed by atoms with Crippen molar-refractivity contribution in [2.45, 2.75) is 6.92 Å². The van der Waals surface area contributed by atoms with Crippen molar-refractivity contribution in [1.29, 1.82) is 0 Å². The summed E-state index contributed by atoms with van der Waals surface area (Å²) in [6.07, 6.45) is 3.01. The van der Waals surface area contributed by atoms with Gasteiger partial charge in [-0.1, -0.05) is 17.7 Å². The van der Waals surface area contributed by atoms with Crippen molar-refractivity contribution in [2.24, 2.45) is 0 Å². The Labute approximate surface area is 162 Å². The van der Waals surface area contributed by atoms with Gasteiger partial charge < -0.3 is 19.5 Å². The molecule has 0 aromatic heterocycles. The van der Waals surface area contributed by atoms with Gasteiger partial charge in [0.2, 0.25) is 5.91 Å². The highest BCUT2D eigenvalue weighted by atomic mass is 35.5. The summed E-state index contributed by atoms with van der Waals surface area (Å²) >= 11 is 6.17. The van der Waals surface area contributed by atoms with E-state index in [2.05, 4.69) is 5.32 Å². The minimum atomic E-state index is -0.371. The second kappa shape index (κ2) is 10.4. The van der Waals surface area contributed by atoms with Gasteiger partial charge in [-0.05, 0) is 42.8 Å². The number of hydrogen-bond acceptors (Lipinski definition) is 4. The summed E-state index contributed by atoms with van der Waals surface area (Å²) < 4.78 is 29.1. The first-order valence-electron chi connectivity index (χ1n) is 8.38. The van der Waals surface area contributed by atoms with E-state index in [1.807, 2.05) is 6.92 Å². The molecule has 1 amide bonds. The molecule has 0 spiro atoms. The SMILES string of the molecule is CCOc1cc(/C=C/C(=O)NCCOc2cccc(F)c2)cc(Cl)c1OC. The van der Waals surface area contributed by atoms with Gasteiger partial charge in [0.05, 0.1) is 25.3 Å². The molecular weight excluding hydrogens is 373 g/mol. The molecule has 2 aromatic carbocycles. The van der Waals surface area contributed by atoms with Gasteiger partial charge in [0.1, 0.15) is 18.2 Å². The summed E-state index contributed by atoms with van der Waals surface area (Å²) in [5.74, 6) is 0.716. The van der Waals surface area contributed by atoms with Crippen LogP contribution >= 0.6 is 11.6 Å². The van der Waals surface area contributed by atoms with Crippen LogP contribution in [-0.2, 0) is 4.79 Å². The number of amides is 1. The van der Waals surface area contributed by atoms with Gasteiger partial charge in [0.15, 0.2) is 11.5 Å². The first-order chi connectivity index (χ1) is 13.0. The maximum absolute atomic E-state index is 13.0. The zero-order valence-corrected chi connectivity index (χ0v) is 15.9. The molecule has 5 nitrogen and oxygen atoms in total. The minimum absolute atomic E-state index is 0.228. The van der Waals surface area contributed by atoms with Crippen LogP contribution in [0.2, 0.25) is 5.02 Å². The number of carbonyl (C=O) groups is 1. The fourth-order valence-corrected chi connectivity index (χ4v) is 2.57. The highest BCUT2D eigenvalue weighted by Crippen LogP contribution is 2.36. The Morgan fingerprint density at radius 2 is 2.07 bits per heavy atom. The zero-order chi connectivity index (χ0) is 19.6. The lowest BCUT2D eigenvalue weighted by Gasteiger charge is -2.11. The number of hydrogen-bond donors (Lipinski definition) is 1. The predicted octanol–water partition coefficient (Wildman–Crippen LogP) is 4.09. The average Bonchev–Trinajstić information content (AvgIpc) is 2.64. The van der Waals surface area contributed by atoms with E-state index in [9.17, 15) is 9.18 Å². The Morgan fingerprint density at radius 1 is 1.26 bits per heavy atom. The third-order valence-electron chi connectivity index (χ3n) is 3.43. The summed E-state index contributed by atoms with van der Waals surface area (Å²) in [6, 6.07) is 9.24. The van der Waals surface area contributed by atoms with Crippen molar-refractivity contribution in [1.82, 2.24) is 5.32 Å². The molecule has 0 atom stereocenters. The van der Waals surface area contributed by atoms with Crippen molar-refractivity contribution in [3.8, 4) is 17.2 Å². The van der Waals surface area contributed by atoms with Crippen LogP contribution < -0.4 is 19.5 Å². The number of benzene rings is 2. The zero-order valence-electron chi connectivity index (χ0n) is 15.1. The van der Waals surface area contributed by atoms with Crippen LogP contribution in [0.1, 0.15) is 12.5 Å². The van der Waals surface area contributed by atoms with Crippen LogP contribution in [0.3, 0.4) is 0 Å². The number of nitrogens with one attached hydrogen (secondary N) is 1. The van der Waals surface area contributed by atoms with E-state index in [4.69, 9.17) is 25.8 Å². The van der Waals surface area contributed by atoms with Crippen LogP contribution in [0.15, 0.2) is 42.5 Å². The van der Waals surface area contributed by atoms with E-state index >= 15 is 0 Å². The van der Waals surface area contributed by atoms with E-state index in [0.29, 0.717) is 34.4 Å². The molecule has 2 aromatic rings. The van der Waals surface area contributed by atoms with Crippen molar-refractivity contribution >= 4 is 23.6 Å². The van der Waals surface area contributed by atoms with Crippen molar-refractivity contribution in [3.05, 3.63) is 58.9 Å². The van der Waals surface area contributed by atoms with Crippen LogP contribution in [-0.4, -0.2) is 32.8 Å². The molecule has 0 fully saturated rings. The molecule has 0 aliphatic carbocycles. The molecule has 0 aliphatic heterocycles. The van der Waals surface area contributed by atoms with Crippen molar-refractivity contribution in [3.63, 3.8) is 0 Å². The number of halogens is 2.